The summed E-state index contributed by atoms with van der Waals surface area (Å²) in [6, 6.07) is 16.8. The first kappa shape index (κ1) is 19.1. The molecular weight excluding hydrogens is 458 g/mol. The molecule has 2 aromatic heterocycles. The highest BCUT2D eigenvalue weighted by Crippen LogP contribution is 2.34. The Morgan fingerprint density at radius 2 is 2.04 bits per heavy atom. The molecule has 0 aliphatic rings. The van der Waals surface area contributed by atoms with Crippen molar-refractivity contribution in [3.05, 3.63) is 87.1 Å². The minimum Gasteiger partial charge on any atom is -0.278 e. The Morgan fingerprint density at radius 1 is 1.18 bits per heavy atom. The largest absolute Gasteiger partial charge is 0.278 e. The third kappa shape index (κ3) is 3.81. The van der Waals surface area contributed by atoms with Gasteiger partial charge in [-0.2, -0.15) is 0 Å². The Balaban J connectivity index is 1.80. The van der Waals surface area contributed by atoms with Gasteiger partial charge in [-0.1, -0.05) is 51.0 Å². The molecule has 0 spiro atoms. The molecule has 4 rings (SSSR count). The number of carbonyl (C=O) groups is 1. The number of halogens is 2. The topological polar surface area (TPSA) is 46.1 Å². The predicted octanol–water partition coefficient (Wildman–Crippen LogP) is 6.26. The summed E-state index contributed by atoms with van der Waals surface area (Å²) in [4.78, 5) is 24.1. The number of hydrogen-bond acceptors (Lipinski definition) is 4. The van der Waals surface area contributed by atoms with E-state index in [0.29, 0.717) is 22.3 Å². The highest BCUT2D eigenvalue weighted by atomic mass is 79.9. The molecule has 1 amide bonds. The first-order valence-electron chi connectivity index (χ1n) is 8.56. The number of aromatic nitrogens is 2. The maximum Gasteiger partial charge on any atom is 0.260 e. The molecule has 0 atom stereocenters. The summed E-state index contributed by atoms with van der Waals surface area (Å²) >= 11 is 11.2. The molecule has 2 aromatic carbocycles. The summed E-state index contributed by atoms with van der Waals surface area (Å²) in [6.45, 7) is 2.27. The normalized spacial score (nSPS) is 11.0. The van der Waals surface area contributed by atoms with E-state index in [1.807, 2.05) is 55.5 Å². The van der Waals surface area contributed by atoms with Crippen molar-refractivity contribution in [2.24, 2.45) is 0 Å². The molecule has 28 heavy (non-hydrogen) atoms. The Labute approximate surface area is 179 Å². The molecule has 0 radical (unpaired) electrons. The Kier molecular flexibility index (Phi) is 5.44. The van der Waals surface area contributed by atoms with Gasteiger partial charge in [-0.05, 0) is 55.0 Å². The molecule has 7 heteroatoms. The highest BCUT2D eigenvalue weighted by Gasteiger charge is 2.23. The van der Waals surface area contributed by atoms with Crippen LogP contribution in [0.4, 0.5) is 5.13 Å². The summed E-state index contributed by atoms with van der Waals surface area (Å²) in [6.07, 6.45) is 1.72. The van der Waals surface area contributed by atoms with Crippen LogP contribution in [0.3, 0.4) is 0 Å². The average molecular weight is 473 g/mol. The van der Waals surface area contributed by atoms with E-state index in [1.54, 1.807) is 17.2 Å². The van der Waals surface area contributed by atoms with E-state index in [-0.39, 0.29) is 5.91 Å². The fraction of sp³-hybridized carbons (Fsp3) is 0.0952. The first-order chi connectivity index (χ1) is 13.5. The molecule has 0 N–H and O–H groups in total. The van der Waals surface area contributed by atoms with E-state index in [1.165, 1.54) is 11.3 Å². The SMILES string of the molecule is Cc1c(Cl)ccc2sc(N(Cc3ccccn3)C(=O)c3cccc(Br)c3)nc12. The molecule has 0 saturated heterocycles. The number of hydrogen-bond donors (Lipinski definition) is 0. The third-order valence-corrected chi connectivity index (χ3v) is 6.28. The minimum absolute atomic E-state index is 0.130. The van der Waals surface area contributed by atoms with Crippen molar-refractivity contribution in [3.63, 3.8) is 0 Å². The smallest absolute Gasteiger partial charge is 0.260 e. The van der Waals surface area contributed by atoms with Crippen LogP contribution in [0.2, 0.25) is 5.02 Å². The van der Waals surface area contributed by atoms with Crippen molar-refractivity contribution in [2.45, 2.75) is 13.5 Å². The van der Waals surface area contributed by atoms with Gasteiger partial charge >= 0.3 is 0 Å². The van der Waals surface area contributed by atoms with Crippen LogP contribution in [-0.4, -0.2) is 15.9 Å². The second-order valence-electron chi connectivity index (χ2n) is 6.24. The van der Waals surface area contributed by atoms with Crippen molar-refractivity contribution in [1.82, 2.24) is 9.97 Å². The van der Waals surface area contributed by atoms with Crippen LogP contribution in [0.15, 0.2) is 65.3 Å². The molecule has 2 heterocycles. The van der Waals surface area contributed by atoms with Gasteiger partial charge in [-0.15, -0.1) is 0 Å². The number of pyridine rings is 1. The van der Waals surface area contributed by atoms with Crippen LogP contribution in [0.1, 0.15) is 21.6 Å². The number of nitrogens with zero attached hydrogens (tertiary/aromatic N) is 3. The summed E-state index contributed by atoms with van der Waals surface area (Å²) < 4.78 is 1.84. The molecule has 0 aliphatic carbocycles. The van der Waals surface area contributed by atoms with Gasteiger partial charge in [0.1, 0.15) is 0 Å². The Morgan fingerprint density at radius 3 is 2.79 bits per heavy atom. The zero-order chi connectivity index (χ0) is 19.7. The first-order valence-corrected chi connectivity index (χ1v) is 10.5. The molecule has 0 unspecified atom stereocenters. The lowest BCUT2D eigenvalue weighted by atomic mass is 10.2. The van der Waals surface area contributed by atoms with Crippen molar-refractivity contribution >= 4 is 60.1 Å². The summed E-state index contributed by atoms with van der Waals surface area (Å²) in [5, 5.41) is 1.29. The van der Waals surface area contributed by atoms with Crippen LogP contribution >= 0.6 is 38.9 Å². The molecule has 140 valence electrons. The quantitative estimate of drug-likeness (QED) is 0.352. The fourth-order valence-corrected chi connectivity index (χ4v) is 4.44. The molecule has 0 aliphatic heterocycles. The maximum atomic E-state index is 13.3. The maximum absolute atomic E-state index is 13.3. The van der Waals surface area contributed by atoms with Crippen molar-refractivity contribution < 1.29 is 4.79 Å². The van der Waals surface area contributed by atoms with Gasteiger partial charge in [0.2, 0.25) is 0 Å². The highest BCUT2D eigenvalue weighted by molar-refractivity contribution is 9.10. The summed E-state index contributed by atoms with van der Waals surface area (Å²) in [5.41, 5.74) is 3.11. The zero-order valence-electron chi connectivity index (χ0n) is 14.9. The van der Waals surface area contributed by atoms with Gasteiger partial charge in [0.15, 0.2) is 5.13 Å². The molecule has 0 bridgehead atoms. The number of thiazole rings is 1. The van der Waals surface area contributed by atoms with E-state index in [4.69, 9.17) is 16.6 Å². The van der Waals surface area contributed by atoms with Gasteiger partial charge in [-0.25, -0.2) is 4.98 Å². The zero-order valence-corrected chi connectivity index (χ0v) is 18.1. The van der Waals surface area contributed by atoms with Gasteiger partial charge in [-0.3, -0.25) is 14.7 Å². The number of benzene rings is 2. The monoisotopic (exact) mass is 471 g/mol. The lowest BCUT2D eigenvalue weighted by Gasteiger charge is -2.19. The number of aryl methyl sites for hydroxylation is 1. The number of rotatable bonds is 4. The lowest BCUT2D eigenvalue weighted by molar-refractivity contribution is 0.0984. The predicted molar refractivity (Wildman–Crippen MR) is 118 cm³/mol. The summed E-state index contributed by atoms with van der Waals surface area (Å²) in [5.74, 6) is -0.130. The second-order valence-corrected chi connectivity index (χ2v) is 8.57. The third-order valence-electron chi connectivity index (χ3n) is 4.33. The Bertz CT molecular complexity index is 1160. The molecule has 0 fully saturated rings. The van der Waals surface area contributed by atoms with Gasteiger partial charge < -0.3 is 0 Å². The van der Waals surface area contributed by atoms with E-state index < -0.39 is 0 Å². The van der Waals surface area contributed by atoms with Gasteiger partial charge in [0.25, 0.3) is 5.91 Å². The molecule has 4 aromatic rings. The summed E-state index contributed by atoms with van der Waals surface area (Å²) in [7, 11) is 0. The molecule has 0 saturated carbocycles. The molecular formula is C21H15BrClN3OS. The van der Waals surface area contributed by atoms with Crippen molar-refractivity contribution in [1.29, 1.82) is 0 Å². The van der Waals surface area contributed by atoms with Crippen molar-refractivity contribution in [3.8, 4) is 0 Å². The standard InChI is InChI=1S/C21H15BrClN3OS/c1-13-17(23)8-9-18-19(13)25-21(28-18)26(12-16-7-2-3-10-24-16)20(27)14-5-4-6-15(22)11-14/h2-11H,12H2,1H3. The van der Waals surface area contributed by atoms with E-state index >= 15 is 0 Å². The minimum atomic E-state index is -0.130. The van der Waals surface area contributed by atoms with Crippen LogP contribution in [0, 0.1) is 6.92 Å². The van der Waals surface area contributed by atoms with Crippen LogP contribution in [0.5, 0.6) is 0 Å². The number of carbonyl (C=O) groups excluding carboxylic acids is 1. The van der Waals surface area contributed by atoms with E-state index in [9.17, 15) is 4.79 Å². The van der Waals surface area contributed by atoms with Gasteiger partial charge in [0, 0.05) is 21.3 Å². The number of fused-ring (bicyclic) bond motifs is 1. The lowest BCUT2D eigenvalue weighted by Crippen LogP contribution is -2.30. The average Bonchev–Trinajstić information content (AvgIpc) is 3.14. The number of anilines is 1. The van der Waals surface area contributed by atoms with Gasteiger partial charge in [0.05, 0.1) is 22.5 Å². The van der Waals surface area contributed by atoms with Crippen molar-refractivity contribution in [2.75, 3.05) is 4.90 Å². The van der Waals surface area contributed by atoms with Crippen LogP contribution in [-0.2, 0) is 6.54 Å². The van der Waals surface area contributed by atoms with Crippen LogP contribution in [0.25, 0.3) is 10.2 Å². The van der Waals surface area contributed by atoms with E-state index in [0.717, 1.165) is 25.9 Å². The Hall–Kier alpha value is -2.28. The number of amides is 1. The second kappa shape index (κ2) is 7.99. The molecule has 4 nitrogen and oxygen atoms in total. The fourth-order valence-electron chi connectivity index (χ4n) is 2.86. The van der Waals surface area contributed by atoms with E-state index in [2.05, 4.69) is 20.9 Å². The van der Waals surface area contributed by atoms with Crippen LogP contribution < -0.4 is 4.90 Å².